The lowest BCUT2D eigenvalue weighted by Crippen LogP contribution is -2.52. The van der Waals surface area contributed by atoms with E-state index in [-0.39, 0.29) is 43.3 Å². The molecule has 33 heavy (non-hydrogen) atoms. The van der Waals surface area contributed by atoms with Gasteiger partial charge in [-0.25, -0.2) is 0 Å². The summed E-state index contributed by atoms with van der Waals surface area (Å²) < 4.78 is 36.7. The Labute approximate surface area is 196 Å². The number of morpholine rings is 1. The number of rotatable bonds is 6. The molecule has 8 heteroatoms. The van der Waals surface area contributed by atoms with Gasteiger partial charge in [-0.2, -0.15) is 0 Å². The van der Waals surface area contributed by atoms with E-state index < -0.39 is 18.5 Å². The number of imide groups is 1. The van der Waals surface area contributed by atoms with E-state index in [1.54, 1.807) is 30.3 Å². The maximum absolute atomic E-state index is 13.0. The number of hydrogen-bond acceptors (Lipinski definition) is 6. The van der Waals surface area contributed by atoms with Crippen molar-refractivity contribution in [3.05, 3.63) is 64.7 Å². The zero-order chi connectivity index (χ0) is 25.4. The SMILES string of the molecule is [2H]c1cc(C([2H])Oc2cccc3c2CN(C2CCC(=O)NC2=O)C3=O)cc([2H])c1CN1CCOCC1. The Bertz CT molecular complexity index is 1190. The second-order valence-corrected chi connectivity index (χ2v) is 8.36. The first-order valence-electron chi connectivity index (χ1n) is 12.6. The average Bonchev–Trinajstić information content (AvgIpc) is 3.19. The third-order valence-corrected chi connectivity index (χ3v) is 6.17. The van der Waals surface area contributed by atoms with E-state index in [2.05, 4.69) is 10.2 Å². The summed E-state index contributed by atoms with van der Waals surface area (Å²) in [6.07, 6.45) is 0.429. The van der Waals surface area contributed by atoms with E-state index >= 15 is 0 Å². The summed E-state index contributed by atoms with van der Waals surface area (Å²) in [5.74, 6) is -0.816. The summed E-state index contributed by atoms with van der Waals surface area (Å²) in [4.78, 5) is 40.4. The average molecular weight is 453 g/mol. The molecule has 3 aliphatic heterocycles. The van der Waals surface area contributed by atoms with E-state index in [4.69, 9.17) is 13.6 Å². The molecule has 0 spiro atoms. The minimum absolute atomic E-state index is 0.134. The summed E-state index contributed by atoms with van der Waals surface area (Å²) in [7, 11) is 0. The van der Waals surface area contributed by atoms with Gasteiger partial charge in [-0.3, -0.25) is 24.6 Å². The number of fused-ring (bicyclic) bond motifs is 1. The molecule has 1 N–H and O–H groups in total. The first-order valence-corrected chi connectivity index (χ1v) is 11.1. The van der Waals surface area contributed by atoms with Crippen molar-refractivity contribution in [1.29, 1.82) is 0 Å². The largest absolute Gasteiger partial charge is 0.489 e. The van der Waals surface area contributed by atoms with Gasteiger partial charge in [0.05, 0.1) is 23.9 Å². The van der Waals surface area contributed by atoms with Crippen LogP contribution in [0.15, 0.2) is 42.4 Å². The van der Waals surface area contributed by atoms with Crippen LogP contribution < -0.4 is 10.1 Å². The highest BCUT2D eigenvalue weighted by atomic mass is 16.5. The van der Waals surface area contributed by atoms with E-state index in [1.165, 1.54) is 4.90 Å². The molecule has 172 valence electrons. The standard InChI is InChI=1S/C25H27N3O5/c29-23-9-8-21(24(30)26-23)28-15-20-19(25(28)31)2-1-3-22(20)33-16-18-6-4-17(5-7-18)14-27-10-12-32-13-11-27/h1-7,21H,8-16H2,(H,26,29,30)/i4D,5D,16D. The molecule has 2 fully saturated rings. The molecule has 3 aliphatic rings. The van der Waals surface area contributed by atoms with Gasteiger partial charge in [0.2, 0.25) is 11.8 Å². The van der Waals surface area contributed by atoms with Crippen LogP contribution in [0.1, 0.15) is 44.0 Å². The number of amides is 3. The molecular weight excluding hydrogens is 422 g/mol. The van der Waals surface area contributed by atoms with E-state index in [1.807, 2.05) is 0 Å². The van der Waals surface area contributed by atoms with Crippen LogP contribution in [0.3, 0.4) is 0 Å². The lowest BCUT2D eigenvalue weighted by Gasteiger charge is -2.29. The smallest absolute Gasteiger partial charge is 0.255 e. The Morgan fingerprint density at radius 1 is 1.12 bits per heavy atom. The fraction of sp³-hybridized carbons (Fsp3) is 0.400. The number of benzene rings is 2. The van der Waals surface area contributed by atoms with E-state index in [9.17, 15) is 14.4 Å². The predicted octanol–water partition coefficient (Wildman–Crippen LogP) is 1.86. The Morgan fingerprint density at radius 3 is 2.67 bits per heavy atom. The number of nitrogens with one attached hydrogen (secondary N) is 1. The lowest BCUT2D eigenvalue weighted by molar-refractivity contribution is -0.136. The summed E-state index contributed by atoms with van der Waals surface area (Å²) in [5.41, 5.74) is 1.94. The third kappa shape index (κ3) is 4.62. The highest BCUT2D eigenvalue weighted by Crippen LogP contribution is 2.34. The highest BCUT2D eigenvalue weighted by molar-refractivity contribution is 6.05. The van der Waals surface area contributed by atoms with Gasteiger partial charge in [0.15, 0.2) is 0 Å². The van der Waals surface area contributed by atoms with E-state index in [0.29, 0.717) is 47.8 Å². The second-order valence-electron chi connectivity index (χ2n) is 8.36. The van der Waals surface area contributed by atoms with Gasteiger partial charge >= 0.3 is 0 Å². The zero-order valence-electron chi connectivity index (χ0n) is 21.1. The Kier molecular flexibility index (Phi) is 5.15. The van der Waals surface area contributed by atoms with Crippen LogP contribution in [0.5, 0.6) is 5.75 Å². The van der Waals surface area contributed by atoms with Crippen molar-refractivity contribution >= 4 is 17.7 Å². The summed E-state index contributed by atoms with van der Waals surface area (Å²) >= 11 is 0. The topological polar surface area (TPSA) is 88.2 Å². The molecule has 2 aromatic carbocycles. The van der Waals surface area contributed by atoms with Crippen molar-refractivity contribution in [1.82, 2.24) is 15.1 Å². The molecular formula is C25H27N3O5. The molecule has 0 aliphatic carbocycles. The molecule has 2 atom stereocenters. The number of hydrogen-bond donors (Lipinski definition) is 1. The maximum atomic E-state index is 13.0. The Hall–Kier alpha value is -3.23. The number of ether oxygens (including phenoxy) is 2. The van der Waals surface area contributed by atoms with Crippen LogP contribution in [-0.2, 0) is 34.0 Å². The first-order chi connectivity index (χ1) is 17.3. The number of piperidine rings is 1. The van der Waals surface area contributed by atoms with Gasteiger partial charge < -0.3 is 14.4 Å². The van der Waals surface area contributed by atoms with Gasteiger partial charge in [-0.1, -0.05) is 30.3 Å². The van der Waals surface area contributed by atoms with Gasteiger partial charge in [-0.05, 0) is 29.7 Å². The number of carbonyl (C=O) groups is 3. The quantitative estimate of drug-likeness (QED) is 0.674. The molecule has 2 aromatic rings. The molecule has 0 aromatic heterocycles. The van der Waals surface area contributed by atoms with Crippen LogP contribution in [0, 0.1) is 0 Å². The molecule has 2 unspecified atom stereocenters. The molecule has 3 amide bonds. The molecule has 0 saturated carbocycles. The fourth-order valence-corrected chi connectivity index (χ4v) is 4.37. The van der Waals surface area contributed by atoms with Gasteiger partial charge in [0.1, 0.15) is 18.4 Å². The summed E-state index contributed by atoms with van der Waals surface area (Å²) in [6, 6.07) is 7.70. The number of carbonyl (C=O) groups excluding carboxylic acids is 3. The van der Waals surface area contributed by atoms with Crippen molar-refractivity contribution in [2.75, 3.05) is 26.3 Å². The van der Waals surface area contributed by atoms with Crippen LogP contribution in [0.4, 0.5) is 0 Å². The highest BCUT2D eigenvalue weighted by Gasteiger charge is 2.40. The number of nitrogens with zero attached hydrogens (tertiary/aromatic N) is 2. The normalized spacial score (nSPS) is 23.4. The van der Waals surface area contributed by atoms with Gasteiger partial charge in [0, 0.05) is 37.2 Å². The Morgan fingerprint density at radius 2 is 1.91 bits per heavy atom. The Balaban J connectivity index is 1.32. The third-order valence-electron chi connectivity index (χ3n) is 6.17. The molecule has 2 saturated heterocycles. The van der Waals surface area contributed by atoms with Crippen LogP contribution in [0.2, 0.25) is 0 Å². The zero-order valence-corrected chi connectivity index (χ0v) is 18.1. The molecule has 8 nitrogen and oxygen atoms in total. The van der Waals surface area contributed by atoms with Gasteiger partial charge in [-0.15, -0.1) is 0 Å². The molecule has 0 bridgehead atoms. The maximum Gasteiger partial charge on any atom is 0.255 e. The van der Waals surface area contributed by atoms with Crippen LogP contribution in [-0.4, -0.2) is 59.9 Å². The summed E-state index contributed by atoms with van der Waals surface area (Å²) in [5, 5.41) is 2.28. The monoisotopic (exact) mass is 452 g/mol. The molecule has 5 rings (SSSR count). The summed E-state index contributed by atoms with van der Waals surface area (Å²) in [6.45, 7) is 2.17. The minimum Gasteiger partial charge on any atom is -0.489 e. The van der Waals surface area contributed by atoms with Crippen molar-refractivity contribution in [3.63, 3.8) is 0 Å². The fourth-order valence-electron chi connectivity index (χ4n) is 4.37. The predicted molar refractivity (Wildman–Crippen MR) is 119 cm³/mol. The van der Waals surface area contributed by atoms with Crippen molar-refractivity contribution in [2.45, 2.75) is 38.6 Å². The molecule has 0 radical (unpaired) electrons. The van der Waals surface area contributed by atoms with Crippen LogP contribution >= 0.6 is 0 Å². The van der Waals surface area contributed by atoms with Crippen molar-refractivity contribution in [2.24, 2.45) is 0 Å². The first kappa shape index (κ1) is 18.2. The van der Waals surface area contributed by atoms with Crippen molar-refractivity contribution < 1.29 is 28.0 Å². The minimum atomic E-state index is -1.21. The lowest BCUT2D eigenvalue weighted by atomic mass is 10.0. The van der Waals surface area contributed by atoms with Crippen LogP contribution in [0.25, 0.3) is 0 Å². The van der Waals surface area contributed by atoms with E-state index in [0.717, 1.165) is 13.1 Å². The van der Waals surface area contributed by atoms with Crippen molar-refractivity contribution in [3.8, 4) is 5.75 Å². The second kappa shape index (κ2) is 9.33. The van der Waals surface area contributed by atoms with Gasteiger partial charge in [0.25, 0.3) is 5.91 Å². The molecule has 3 heterocycles.